The summed E-state index contributed by atoms with van der Waals surface area (Å²) in [7, 11) is 0. The fraction of sp³-hybridized carbons (Fsp3) is 0.571. The van der Waals surface area contributed by atoms with Crippen molar-refractivity contribution >= 4 is 11.9 Å². The van der Waals surface area contributed by atoms with Crippen molar-refractivity contribution in [3.05, 3.63) is 18.4 Å². The molecule has 1 aliphatic rings. The van der Waals surface area contributed by atoms with Crippen LogP contribution < -0.4 is 0 Å². The summed E-state index contributed by atoms with van der Waals surface area (Å²) >= 11 is 0. The number of nitriles is 2. The minimum Gasteiger partial charge on any atom is -0.466 e. The largest absolute Gasteiger partial charge is 0.466 e. The second-order valence-electron chi connectivity index (χ2n) is 6.41. The molecule has 142 valence electrons. The van der Waals surface area contributed by atoms with Gasteiger partial charge in [-0.1, -0.05) is 18.4 Å². The molecular weight excluding hydrogens is 344 g/mol. The molecule has 6 heteroatoms. The van der Waals surface area contributed by atoms with Crippen molar-refractivity contribution in [2.24, 2.45) is 23.2 Å². The van der Waals surface area contributed by atoms with Gasteiger partial charge in [-0.05, 0) is 44.1 Å². The van der Waals surface area contributed by atoms with Gasteiger partial charge in [-0.3, -0.25) is 9.59 Å². The SMILES string of the molecule is C=C=C[C@@H]1C[C@@H](C(=O)OCC)CC[C@H]1C(C#N)(C#N)CC#CCOC(C)=O. The van der Waals surface area contributed by atoms with Gasteiger partial charge in [0.2, 0.25) is 0 Å². The van der Waals surface area contributed by atoms with Crippen molar-refractivity contribution in [3.8, 4) is 24.0 Å². The van der Waals surface area contributed by atoms with E-state index >= 15 is 0 Å². The number of hydrogen-bond acceptors (Lipinski definition) is 6. The van der Waals surface area contributed by atoms with E-state index in [-0.39, 0.29) is 36.8 Å². The van der Waals surface area contributed by atoms with Crippen LogP contribution in [0.2, 0.25) is 0 Å². The normalized spacial score (nSPS) is 21.3. The van der Waals surface area contributed by atoms with Crippen LogP contribution >= 0.6 is 0 Å². The highest BCUT2D eigenvalue weighted by Crippen LogP contribution is 2.46. The Bertz CT molecular complexity index is 727. The predicted octanol–water partition coefficient (Wildman–Crippen LogP) is 2.91. The van der Waals surface area contributed by atoms with Crippen LogP contribution in [0.15, 0.2) is 18.4 Å². The molecule has 0 spiro atoms. The lowest BCUT2D eigenvalue weighted by atomic mass is 9.61. The van der Waals surface area contributed by atoms with Gasteiger partial charge in [-0.25, -0.2) is 0 Å². The minimum atomic E-state index is -1.32. The number of nitrogens with zero attached hydrogens (tertiary/aromatic N) is 2. The molecule has 1 fully saturated rings. The molecule has 0 aromatic heterocycles. The molecule has 0 aromatic carbocycles. The maximum absolute atomic E-state index is 12.1. The summed E-state index contributed by atoms with van der Waals surface area (Å²) in [4.78, 5) is 22.8. The molecule has 0 saturated heterocycles. The van der Waals surface area contributed by atoms with E-state index in [2.05, 4.69) is 36.3 Å². The number of ether oxygens (including phenoxy) is 2. The fourth-order valence-corrected chi connectivity index (χ4v) is 3.42. The number of hydrogen-bond donors (Lipinski definition) is 0. The molecule has 1 rings (SSSR count). The van der Waals surface area contributed by atoms with Gasteiger partial charge >= 0.3 is 11.9 Å². The molecule has 6 nitrogen and oxygen atoms in total. The summed E-state index contributed by atoms with van der Waals surface area (Å²) in [6.07, 6.45) is 3.33. The van der Waals surface area contributed by atoms with Gasteiger partial charge in [0.1, 0.15) is 0 Å². The Morgan fingerprint density at radius 1 is 1.22 bits per heavy atom. The van der Waals surface area contributed by atoms with E-state index < -0.39 is 11.4 Å². The van der Waals surface area contributed by atoms with E-state index in [4.69, 9.17) is 9.47 Å². The average Bonchev–Trinajstić information content (AvgIpc) is 2.65. The zero-order valence-electron chi connectivity index (χ0n) is 15.8. The molecule has 3 atom stereocenters. The Balaban J connectivity index is 3.00. The van der Waals surface area contributed by atoms with Gasteiger partial charge in [0, 0.05) is 13.3 Å². The molecule has 0 aromatic rings. The Hall–Kier alpha value is -3.00. The molecule has 0 radical (unpaired) electrons. The van der Waals surface area contributed by atoms with Crippen molar-refractivity contribution in [1.82, 2.24) is 0 Å². The van der Waals surface area contributed by atoms with Crippen LogP contribution in [0.4, 0.5) is 0 Å². The molecule has 0 bridgehead atoms. The first-order valence-electron chi connectivity index (χ1n) is 8.88. The van der Waals surface area contributed by atoms with Crippen LogP contribution in [-0.4, -0.2) is 25.2 Å². The van der Waals surface area contributed by atoms with E-state index in [1.807, 2.05) is 0 Å². The Kier molecular flexibility index (Phi) is 8.87. The highest BCUT2D eigenvalue weighted by Gasteiger charge is 2.46. The third kappa shape index (κ3) is 6.03. The molecule has 27 heavy (non-hydrogen) atoms. The molecule has 0 unspecified atom stereocenters. The molecule has 1 aliphatic carbocycles. The Labute approximate surface area is 160 Å². The zero-order chi connectivity index (χ0) is 20.3. The highest BCUT2D eigenvalue weighted by atomic mass is 16.5. The summed E-state index contributed by atoms with van der Waals surface area (Å²) in [6, 6.07) is 4.27. The van der Waals surface area contributed by atoms with E-state index in [0.29, 0.717) is 25.9 Å². The van der Waals surface area contributed by atoms with Gasteiger partial charge in [-0.15, -0.1) is 5.73 Å². The second-order valence-corrected chi connectivity index (χ2v) is 6.41. The standard InChI is InChI=1S/C21H24N2O4/c1-4-8-17-13-18(20(25)26-5-2)9-10-19(17)21(14-22,15-23)11-6-7-12-27-16(3)24/h8,17-19H,1,5,9-13H2,2-3H3/t17-,18+,19-/m1/s1. The topological polar surface area (TPSA) is 100 Å². The van der Waals surface area contributed by atoms with Crippen molar-refractivity contribution < 1.29 is 19.1 Å². The zero-order valence-corrected chi connectivity index (χ0v) is 15.8. The number of carbonyl (C=O) groups excluding carboxylic acids is 2. The van der Waals surface area contributed by atoms with Crippen LogP contribution in [0, 0.1) is 57.7 Å². The Morgan fingerprint density at radius 3 is 2.48 bits per heavy atom. The number of allylic oxidation sites excluding steroid dienone is 1. The molecule has 0 aliphatic heterocycles. The number of rotatable bonds is 6. The fourth-order valence-electron chi connectivity index (χ4n) is 3.42. The van der Waals surface area contributed by atoms with Crippen molar-refractivity contribution in [2.75, 3.05) is 13.2 Å². The molecular formula is C21H24N2O4. The molecule has 0 amide bonds. The lowest BCUT2D eigenvalue weighted by molar-refractivity contribution is -0.150. The highest BCUT2D eigenvalue weighted by molar-refractivity contribution is 5.72. The molecule has 1 saturated carbocycles. The van der Waals surface area contributed by atoms with Gasteiger partial charge in [-0.2, -0.15) is 10.5 Å². The maximum Gasteiger partial charge on any atom is 0.308 e. The Morgan fingerprint density at radius 2 is 1.93 bits per heavy atom. The lowest BCUT2D eigenvalue weighted by Gasteiger charge is -2.38. The van der Waals surface area contributed by atoms with Crippen molar-refractivity contribution in [1.29, 1.82) is 10.5 Å². The van der Waals surface area contributed by atoms with Gasteiger partial charge in [0.05, 0.1) is 24.7 Å². The maximum atomic E-state index is 12.1. The quantitative estimate of drug-likeness (QED) is 0.406. The summed E-state index contributed by atoms with van der Waals surface area (Å²) in [5.74, 6) is 4.00. The predicted molar refractivity (Wildman–Crippen MR) is 97.3 cm³/mol. The smallest absolute Gasteiger partial charge is 0.308 e. The summed E-state index contributed by atoms with van der Waals surface area (Å²) < 4.78 is 9.85. The van der Waals surface area contributed by atoms with Crippen LogP contribution in [0.5, 0.6) is 0 Å². The van der Waals surface area contributed by atoms with Crippen LogP contribution in [0.1, 0.15) is 39.5 Å². The average molecular weight is 368 g/mol. The first-order valence-corrected chi connectivity index (χ1v) is 8.88. The molecule has 0 N–H and O–H groups in total. The van der Waals surface area contributed by atoms with E-state index in [9.17, 15) is 20.1 Å². The van der Waals surface area contributed by atoms with Crippen LogP contribution in [-0.2, 0) is 19.1 Å². The first kappa shape index (κ1) is 22.0. The third-order valence-corrected chi connectivity index (χ3v) is 4.72. The summed E-state index contributed by atoms with van der Waals surface area (Å²) in [6.45, 7) is 6.88. The van der Waals surface area contributed by atoms with Crippen LogP contribution in [0.25, 0.3) is 0 Å². The first-order chi connectivity index (χ1) is 12.9. The van der Waals surface area contributed by atoms with Gasteiger partial charge in [0.25, 0.3) is 0 Å². The monoisotopic (exact) mass is 368 g/mol. The van der Waals surface area contributed by atoms with Crippen molar-refractivity contribution in [2.45, 2.75) is 39.5 Å². The van der Waals surface area contributed by atoms with E-state index in [1.165, 1.54) is 6.92 Å². The second kappa shape index (κ2) is 10.9. The van der Waals surface area contributed by atoms with Crippen LogP contribution in [0.3, 0.4) is 0 Å². The summed E-state index contributed by atoms with van der Waals surface area (Å²) in [5, 5.41) is 19.5. The van der Waals surface area contributed by atoms with Crippen molar-refractivity contribution in [3.63, 3.8) is 0 Å². The van der Waals surface area contributed by atoms with Gasteiger partial charge in [0.15, 0.2) is 12.0 Å². The third-order valence-electron chi connectivity index (χ3n) is 4.72. The summed E-state index contributed by atoms with van der Waals surface area (Å²) in [5.41, 5.74) is 1.41. The number of carbonyl (C=O) groups is 2. The van der Waals surface area contributed by atoms with Gasteiger partial charge < -0.3 is 9.47 Å². The lowest BCUT2D eigenvalue weighted by Crippen LogP contribution is -2.38. The number of esters is 2. The molecule has 0 heterocycles. The van der Waals surface area contributed by atoms with E-state index in [1.54, 1.807) is 13.0 Å². The van der Waals surface area contributed by atoms with E-state index in [0.717, 1.165) is 0 Å². The minimum absolute atomic E-state index is 0.0392.